The lowest BCUT2D eigenvalue weighted by atomic mass is 10.1. The molecule has 0 saturated heterocycles. The van der Waals surface area contributed by atoms with Gasteiger partial charge in [0.2, 0.25) is 5.91 Å². The van der Waals surface area contributed by atoms with Crippen LogP contribution < -0.4 is 5.32 Å². The van der Waals surface area contributed by atoms with Crippen LogP contribution in [0.15, 0.2) is 30.5 Å². The van der Waals surface area contributed by atoms with Crippen LogP contribution in [0.4, 0.5) is 0 Å². The van der Waals surface area contributed by atoms with Crippen LogP contribution in [0.1, 0.15) is 16.8 Å². The van der Waals surface area contributed by atoms with Crippen molar-refractivity contribution in [2.45, 2.75) is 19.9 Å². The maximum absolute atomic E-state index is 11.8. The quantitative estimate of drug-likeness (QED) is 0.869. The Morgan fingerprint density at radius 3 is 2.89 bits per heavy atom. The van der Waals surface area contributed by atoms with Gasteiger partial charge in [0.1, 0.15) is 5.75 Å². The molecule has 0 unspecified atom stereocenters. The maximum Gasteiger partial charge on any atom is 0.224 e. The van der Waals surface area contributed by atoms with E-state index in [-0.39, 0.29) is 18.1 Å². The van der Waals surface area contributed by atoms with Crippen molar-refractivity contribution in [1.82, 2.24) is 15.1 Å². The lowest BCUT2D eigenvalue weighted by Crippen LogP contribution is -2.24. The predicted molar refractivity (Wildman–Crippen MR) is 71.6 cm³/mol. The van der Waals surface area contributed by atoms with Gasteiger partial charge < -0.3 is 10.4 Å². The van der Waals surface area contributed by atoms with Crippen LogP contribution in [-0.2, 0) is 24.8 Å². The molecule has 2 aromatic rings. The van der Waals surface area contributed by atoms with E-state index >= 15 is 0 Å². The molecule has 0 aliphatic heterocycles. The summed E-state index contributed by atoms with van der Waals surface area (Å²) in [5.41, 5.74) is 2.72. The fourth-order valence-corrected chi connectivity index (χ4v) is 1.93. The van der Waals surface area contributed by atoms with Gasteiger partial charge in [-0.05, 0) is 24.6 Å². The highest BCUT2D eigenvalue weighted by Crippen LogP contribution is 2.11. The van der Waals surface area contributed by atoms with Crippen LogP contribution in [0, 0.1) is 6.92 Å². The number of aromatic hydroxyl groups is 1. The monoisotopic (exact) mass is 259 g/mol. The molecule has 0 aliphatic rings. The van der Waals surface area contributed by atoms with Crippen molar-refractivity contribution in [2.75, 3.05) is 0 Å². The summed E-state index contributed by atoms with van der Waals surface area (Å²) in [5.74, 6) is 0.0993. The Labute approximate surface area is 111 Å². The van der Waals surface area contributed by atoms with Crippen LogP contribution in [0.3, 0.4) is 0 Å². The molecular formula is C14H17N3O2. The number of hydrogen-bond acceptors (Lipinski definition) is 3. The van der Waals surface area contributed by atoms with Crippen LogP contribution in [0.5, 0.6) is 5.75 Å². The van der Waals surface area contributed by atoms with E-state index in [1.165, 1.54) is 0 Å². The first-order valence-corrected chi connectivity index (χ1v) is 6.08. The van der Waals surface area contributed by atoms with Crippen LogP contribution in [0.2, 0.25) is 0 Å². The van der Waals surface area contributed by atoms with Gasteiger partial charge in [-0.2, -0.15) is 5.10 Å². The van der Waals surface area contributed by atoms with Gasteiger partial charge in [-0.25, -0.2) is 0 Å². The normalized spacial score (nSPS) is 10.4. The van der Waals surface area contributed by atoms with Gasteiger partial charge in [0, 0.05) is 25.4 Å². The minimum atomic E-state index is -0.0751. The molecule has 0 radical (unpaired) electrons. The van der Waals surface area contributed by atoms with Gasteiger partial charge >= 0.3 is 0 Å². The number of phenolic OH excluding ortho intramolecular Hbond substituents is 1. The number of aryl methyl sites for hydroxylation is 2. The lowest BCUT2D eigenvalue weighted by molar-refractivity contribution is -0.120. The maximum atomic E-state index is 11.8. The molecule has 1 aromatic carbocycles. The number of nitrogens with one attached hydrogen (secondary N) is 1. The first-order valence-electron chi connectivity index (χ1n) is 6.08. The number of hydrogen-bond donors (Lipinski definition) is 2. The van der Waals surface area contributed by atoms with Crippen LogP contribution in [-0.4, -0.2) is 20.8 Å². The number of carbonyl (C=O) groups excluding carboxylic acids is 1. The lowest BCUT2D eigenvalue weighted by Gasteiger charge is -2.05. The van der Waals surface area contributed by atoms with Crippen molar-refractivity contribution >= 4 is 5.91 Å². The van der Waals surface area contributed by atoms with Gasteiger partial charge in [0.25, 0.3) is 0 Å². The van der Waals surface area contributed by atoms with Gasteiger partial charge in [0.05, 0.1) is 12.1 Å². The number of phenols is 1. The minimum Gasteiger partial charge on any atom is -0.508 e. The van der Waals surface area contributed by atoms with Crippen molar-refractivity contribution in [2.24, 2.45) is 7.05 Å². The fourth-order valence-electron chi connectivity index (χ4n) is 1.93. The van der Waals surface area contributed by atoms with Crippen LogP contribution in [0.25, 0.3) is 0 Å². The molecule has 0 saturated carbocycles. The molecule has 0 bridgehead atoms. The summed E-state index contributed by atoms with van der Waals surface area (Å²) in [5, 5.41) is 16.4. The predicted octanol–water partition coefficient (Wildman–Crippen LogP) is 1.29. The van der Waals surface area contributed by atoms with Gasteiger partial charge in [-0.15, -0.1) is 0 Å². The highest BCUT2D eigenvalue weighted by Gasteiger charge is 2.07. The zero-order chi connectivity index (χ0) is 13.8. The van der Waals surface area contributed by atoms with E-state index in [9.17, 15) is 9.90 Å². The van der Waals surface area contributed by atoms with E-state index in [4.69, 9.17) is 0 Å². The third-order valence-corrected chi connectivity index (χ3v) is 2.87. The van der Waals surface area contributed by atoms with Gasteiger partial charge in [-0.1, -0.05) is 12.1 Å². The van der Waals surface area contributed by atoms with Gasteiger partial charge in [0.15, 0.2) is 0 Å². The summed E-state index contributed by atoms with van der Waals surface area (Å²) < 4.78 is 1.73. The standard InChI is InChI=1S/C14H17N3O2/c1-10-12(9-17(2)16-10)8-15-14(19)7-11-4-3-5-13(18)6-11/h3-6,9,18H,7-8H2,1-2H3,(H,15,19). The van der Waals surface area contributed by atoms with E-state index < -0.39 is 0 Å². The summed E-state index contributed by atoms with van der Waals surface area (Å²) in [4.78, 5) is 11.8. The Morgan fingerprint density at radius 2 is 2.26 bits per heavy atom. The Hall–Kier alpha value is -2.30. The summed E-state index contributed by atoms with van der Waals surface area (Å²) >= 11 is 0. The highest BCUT2D eigenvalue weighted by atomic mass is 16.3. The molecule has 0 fully saturated rings. The van der Waals surface area contributed by atoms with Crippen LogP contribution >= 0.6 is 0 Å². The Kier molecular flexibility index (Phi) is 3.85. The minimum absolute atomic E-state index is 0.0751. The Morgan fingerprint density at radius 1 is 1.47 bits per heavy atom. The fraction of sp³-hybridized carbons (Fsp3) is 0.286. The summed E-state index contributed by atoms with van der Waals surface area (Å²) in [7, 11) is 1.85. The average molecular weight is 259 g/mol. The number of aromatic nitrogens is 2. The van der Waals surface area contributed by atoms with Crippen molar-refractivity contribution < 1.29 is 9.90 Å². The number of nitrogens with zero attached hydrogens (tertiary/aromatic N) is 2. The Balaban J connectivity index is 1.90. The zero-order valence-electron chi connectivity index (χ0n) is 11.1. The molecule has 1 heterocycles. The molecule has 1 aromatic heterocycles. The van der Waals surface area contributed by atoms with Crippen molar-refractivity contribution in [1.29, 1.82) is 0 Å². The van der Waals surface area contributed by atoms with E-state index in [0.717, 1.165) is 16.8 Å². The number of amides is 1. The molecule has 19 heavy (non-hydrogen) atoms. The second-order valence-corrected chi connectivity index (χ2v) is 4.54. The molecule has 1 amide bonds. The molecule has 2 rings (SSSR count). The SMILES string of the molecule is Cc1nn(C)cc1CNC(=O)Cc1cccc(O)c1. The first kappa shape index (κ1) is 13.1. The molecule has 2 N–H and O–H groups in total. The van der Waals surface area contributed by atoms with Crippen molar-refractivity contribution in [3.8, 4) is 5.75 Å². The average Bonchev–Trinajstić information content (AvgIpc) is 2.65. The summed E-state index contributed by atoms with van der Waals surface area (Å²) in [6, 6.07) is 6.72. The smallest absolute Gasteiger partial charge is 0.224 e. The number of carbonyl (C=O) groups is 1. The first-order chi connectivity index (χ1) is 9.04. The second kappa shape index (κ2) is 5.56. The van der Waals surface area contributed by atoms with E-state index in [0.29, 0.717) is 6.54 Å². The summed E-state index contributed by atoms with van der Waals surface area (Å²) in [6.45, 7) is 2.38. The Bertz CT molecular complexity index is 590. The zero-order valence-corrected chi connectivity index (χ0v) is 11.1. The van der Waals surface area contributed by atoms with Crippen molar-refractivity contribution in [3.05, 3.63) is 47.3 Å². The van der Waals surface area contributed by atoms with Gasteiger partial charge in [-0.3, -0.25) is 9.48 Å². The highest BCUT2D eigenvalue weighted by molar-refractivity contribution is 5.78. The topological polar surface area (TPSA) is 67.2 Å². The molecule has 0 aliphatic carbocycles. The molecule has 0 spiro atoms. The molecule has 5 nitrogen and oxygen atoms in total. The third kappa shape index (κ3) is 3.58. The second-order valence-electron chi connectivity index (χ2n) is 4.54. The van der Waals surface area contributed by atoms with E-state index in [1.54, 1.807) is 22.9 Å². The number of benzene rings is 1. The summed E-state index contributed by atoms with van der Waals surface area (Å²) in [6.07, 6.45) is 2.15. The number of rotatable bonds is 4. The largest absolute Gasteiger partial charge is 0.508 e. The molecule has 100 valence electrons. The van der Waals surface area contributed by atoms with E-state index in [2.05, 4.69) is 10.4 Å². The van der Waals surface area contributed by atoms with Crippen molar-refractivity contribution in [3.63, 3.8) is 0 Å². The molecule has 0 atom stereocenters. The molecular weight excluding hydrogens is 242 g/mol. The third-order valence-electron chi connectivity index (χ3n) is 2.87. The van der Waals surface area contributed by atoms with E-state index in [1.807, 2.05) is 26.2 Å². The molecule has 5 heteroatoms.